The summed E-state index contributed by atoms with van der Waals surface area (Å²) in [5, 5.41) is 8.70. The molecule has 0 saturated carbocycles. The van der Waals surface area contributed by atoms with Crippen molar-refractivity contribution in [1.82, 2.24) is 19.6 Å². The van der Waals surface area contributed by atoms with E-state index in [0.717, 1.165) is 0 Å². The van der Waals surface area contributed by atoms with Gasteiger partial charge >= 0.3 is 0 Å². The van der Waals surface area contributed by atoms with Gasteiger partial charge in [0, 0.05) is 38.3 Å². The van der Waals surface area contributed by atoms with E-state index in [1.807, 2.05) is 63.5 Å². The van der Waals surface area contributed by atoms with Gasteiger partial charge in [-0.05, 0) is 24.0 Å². The van der Waals surface area contributed by atoms with E-state index in [-0.39, 0.29) is 0 Å². The minimum absolute atomic E-state index is 0.566. The van der Waals surface area contributed by atoms with Crippen LogP contribution in [0.5, 0.6) is 0 Å². The minimum atomic E-state index is 0.566. The van der Waals surface area contributed by atoms with Gasteiger partial charge in [-0.2, -0.15) is 10.2 Å². The van der Waals surface area contributed by atoms with Crippen LogP contribution in [0.3, 0.4) is 0 Å². The standard InChI is InChI=1S/2C9H16N2.2C2H6/c2*1-7(2)8(3)9-5-6-11(4)10-9;2*1-2/h2*5-8H,1-4H3;2*1-2H3. The van der Waals surface area contributed by atoms with Crippen molar-refractivity contribution in [1.29, 1.82) is 0 Å². The van der Waals surface area contributed by atoms with E-state index in [4.69, 9.17) is 0 Å². The van der Waals surface area contributed by atoms with Gasteiger partial charge in [0.1, 0.15) is 0 Å². The Kier molecular flexibility index (Phi) is 14.9. The fourth-order valence-electron chi connectivity index (χ4n) is 2.03. The largest absolute Gasteiger partial charge is 0.276 e. The van der Waals surface area contributed by atoms with Gasteiger partial charge in [0.2, 0.25) is 0 Å². The molecule has 2 atom stereocenters. The molecule has 0 amide bonds. The van der Waals surface area contributed by atoms with Crippen molar-refractivity contribution in [2.24, 2.45) is 25.9 Å². The van der Waals surface area contributed by atoms with E-state index in [1.54, 1.807) is 0 Å². The molecule has 2 rings (SSSR count). The Hall–Kier alpha value is -1.58. The predicted octanol–water partition coefficient (Wildman–Crippen LogP) is 6.41. The second kappa shape index (κ2) is 14.6. The summed E-state index contributed by atoms with van der Waals surface area (Å²) in [7, 11) is 3.91. The van der Waals surface area contributed by atoms with E-state index < -0.39 is 0 Å². The molecular formula is C22H44N4. The SMILES string of the molecule is CC.CC.CC(C)C(C)c1ccn(C)n1.CC(C)C(C)c1ccn(C)n1. The van der Waals surface area contributed by atoms with Crippen LogP contribution in [-0.4, -0.2) is 19.6 Å². The van der Waals surface area contributed by atoms with Crippen LogP contribution in [0.25, 0.3) is 0 Å². The summed E-state index contributed by atoms with van der Waals surface area (Å²) in [4.78, 5) is 0. The van der Waals surface area contributed by atoms with Crippen molar-refractivity contribution >= 4 is 0 Å². The highest BCUT2D eigenvalue weighted by molar-refractivity contribution is 5.06. The van der Waals surface area contributed by atoms with Crippen LogP contribution in [0.15, 0.2) is 24.5 Å². The summed E-state index contributed by atoms with van der Waals surface area (Å²) >= 11 is 0. The third-order valence-corrected chi connectivity index (χ3v) is 4.40. The van der Waals surface area contributed by atoms with E-state index in [9.17, 15) is 0 Å². The van der Waals surface area contributed by atoms with Crippen LogP contribution in [-0.2, 0) is 14.1 Å². The first-order valence-corrected chi connectivity index (χ1v) is 10.2. The molecule has 2 aromatic heterocycles. The van der Waals surface area contributed by atoms with Gasteiger partial charge in [-0.3, -0.25) is 9.36 Å². The molecule has 2 heterocycles. The molecule has 0 bridgehead atoms. The van der Waals surface area contributed by atoms with E-state index in [2.05, 4.69) is 63.9 Å². The van der Waals surface area contributed by atoms with E-state index in [0.29, 0.717) is 23.7 Å². The molecule has 0 aliphatic carbocycles. The third kappa shape index (κ3) is 9.79. The Morgan fingerprint density at radius 2 is 0.885 bits per heavy atom. The van der Waals surface area contributed by atoms with Crippen molar-refractivity contribution in [3.8, 4) is 0 Å². The lowest BCUT2D eigenvalue weighted by molar-refractivity contribution is 0.516. The lowest BCUT2D eigenvalue weighted by Crippen LogP contribution is -2.03. The molecule has 4 nitrogen and oxygen atoms in total. The topological polar surface area (TPSA) is 35.6 Å². The Morgan fingerprint density at radius 1 is 0.615 bits per heavy atom. The zero-order valence-electron chi connectivity index (χ0n) is 19.4. The van der Waals surface area contributed by atoms with Crippen molar-refractivity contribution in [3.63, 3.8) is 0 Å². The number of hydrogen-bond acceptors (Lipinski definition) is 2. The zero-order valence-corrected chi connectivity index (χ0v) is 19.4. The van der Waals surface area contributed by atoms with Crippen LogP contribution in [0.2, 0.25) is 0 Å². The smallest absolute Gasteiger partial charge is 0.0655 e. The third-order valence-electron chi connectivity index (χ3n) is 4.40. The molecule has 0 aliphatic heterocycles. The second-order valence-electron chi connectivity index (χ2n) is 6.89. The Bertz CT molecular complexity index is 502. The van der Waals surface area contributed by atoms with Gasteiger partial charge in [-0.1, -0.05) is 69.2 Å². The lowest BCUT2D eigenvalue weighted by atomic mass is 9.95. The number of aromatic nitrogens is 4. The predicted molar refractivity (Wildman–Crippen MR) is 116 cm³/mol. The summed E-state index contributed by atoms with van der Waals surface area (Å²) < 4.78 is 3.71. The maximum absolute atomic E-state index is 4.35. The fraction of sp³-hybridized carbons (Fsp3) is 0.727. The molecule has 0 spiro atoms. The first kappa shape index (κ1) is 26.6. The van der Waals surface area contributed by atoms with Crippen LogP contribution in [0.4, 0.5) is 0 Å². The second-order valence-corrected chi connectivity index (χ2v) is 6.89. The summed E-state index contributed by atoms with van der Waals surface area (Å²) in [6.45, 7) is 21.3. The highest BCUT2D eigenvalue weighted by Crippen LogP contribution is 2.21. The van der Waals surface area contributed by atoms with Crippen molar-refractivity contribution < 1.29 is 0 Å². The van der Waals surface area contributed by atoms with Crippen molar-refractivity contribution in [3.05, 3.63) is 35.9 Å². The summed E-state index contributed by atoms with van der Waals surface area (Å²) in [6.07, 6.45) is 3.99. The average molecular weight is 365 g/mol. The maximum Gasteiger partial charge on any atom is 0.0655 e. The Morgan fingerprint density at radius 3 is 1.04 bits per heavy atom. The van der Waals surface area contributed by atoms with Crippen LogP contribution < -0.4 is 0 Å². The molecule has 0 radical (unpaired) electrons. The quantitative estimate of drug-likeness (QED) is 0.628. The maximum atomic E-state index is 4.35. The molecule has 0 aromatic carbocycles. The summed E-state index contributed by atoms with van der Waals surface area (Å²) in [5.41, 5.74) is 2.39. The normalized spacial score (nSPS) is 12.2. The van der Waals surface area contributed by atoms with E-state index >= 15 is 0 Å². The van der Waals surface area contributed by atoms with Gasteiger partial charge in [-0.15, -0.1) is 0 Å². The minimum Gasteiger partial charge on any atom is -0.276 e. The van der Waals surface area contributed by atoms with Gasteiger partial charge in [0.25, 0.3) is 0 Å². The highest BCUT2D eigenvalue weighted by Gasteiger charge is 2.12. The molecule has 0 aliphatic rings. The fourth-order valence-corrected chi connectivity index (χ4v) is 2.03. The molecule has 152 valence electrons. The molecule has 0 N–H and O–H groups in total. The van der Waals surface area contributed by atoms with Crippen LogP contribution in [0, 0.1) is 11.8 Å². The van der Waals surface area contributed by atoms with Gasteiger partial charge < -0.3 is 0 Å². The number of nitrogens with zero attached hydrogens (tertiary/aromatic N) is 4. The van der Waals surface area contributed by atoms with Gasteiger partial charge in [-0.25, -0.2) is 0 Å². The number of rotatable bonds is 4. The first-order valence-electron chi connectivity index (χ1n) is 10.2. The van der Waals surface area contributed by atoms with Crippen molar-refractivity contribution in [2.75, 3.05) is 0 Å². The molecular weight excluding hydrogens is 320 g/mol. The molecule has 2 aromatic rings. The lowest BCUT2D eigenvalue weighted by Gasteiger charge is -2.11. The van der Waals surface area contributed by atoms with Gasteiger partial charge in [0.05, 0.1) is 11.4 Å². The van der Waals surface area contributed by atoms with E-state index in [1.165, 1.54) is 11.4 Å². The highest BCUT2D eigenvalue weighted by atomic mass is 15.3. The zero-order chi connectivity index (χ0) is 20.9. The Labute approximate surface area is 163 Å². The van der Waals surface area contributed by atoms with Crippen LogP contribution in [0.1, 0.15) is 92.5 Å². The first-order chi connectivity index (χ1) is 12.2. The van der Waals surface area contributed by atoms with Crippen molar-refractivity contribution in [2.45, 2.75) is 81.1 Å². The molecule has 0 fully saturated rings. The number of aryl methyl sites for hydroxylation is 2. The monoisotopic (exact) mass is 364 g/mol. The molecule has 0 saturated heterocycles. The Balaban J connectivity index is 0. The molecule has 4 heteroatoms. The number of hydrogen-bond donors (Lipinski definition) is 0. The molecule has 2 unspecified atom stereocenters. The molecule has 26 heavy (non-hydrogen) atoms. The average Bonchev–Trinajstić information content (AvgIpc) is 3.26. The van der Waals surface area contributed by atoms with Crippen LogP contribution >= 0.6 is 0 Å². The summed E-state index contributed by atoms with van der Waals surface area (Å²) in [6, 6.07) is 4.18. The van der Waals surface area contributed by atoms with Gasteiger partial charge in [0.15, 0.2) is 0 Å². The summed E-state index contributed by atoms with van der Waals surface area (Å²) in [5.74, 6) is 2.47.